The minimum atomic E-state index is 0. The van der Waals surface area contributed by atoms with Crippen molar-refractivity contribution in [3.05, 3.63) is 0 Å². The molecule has 0 bridgehead atoms. The van der Waals surface area contributed by atoms with E-state index in [9.17, 15) is 0 Å². The summed E-state index contributed by atoms with van der Waals surface area (Å²) in [5.41, 5.74) is 0. The molecular formula is O2SbU-. The van der Waals surface area contributed by atoms with Crippen LogP contribution in [0.3, 0.4) is 0 Å². The summed E-state index contributed by atoms with van der Waals surface area (Å²) >= 11 is 0.500. The van der Waals surface area contributed by atoms with E-state index in [1.54, 1.807) is 0 Å². The maximum Gasteiger partial charge on any atom is 0 e. The predicted molar refractivity (Wildman–Crippen MR) is 7.13 cm³/mol. The Labute approximate surface area is 61.9 Å². The molecule has 4 heteroatoms. The molecule has 0 aromatic rings. The van der Waals surface area contributed by atoms with Crippen molar-refractivity contribution in [1.82, 2.24) is 0 Å². The van der Waals surface area contributed by atoms with E-state index >= 15 is 0 Å². The molecule has 2 radical (unpaired) electrons. The van der Waals surface area contributed by atoms with E-state index in [0.717, 1.165) is 0 Å². The third-order valence-corrected chi connectivity index (χ3v) is 0. The summed E-state index contributed by atoms with van der Waals surface area (Å²) < 4.78 is 8.30. The molecule has 4 heavy (non-hydrogen) atoms. The minimum Gasteiger partial charge on any atom is 0 e. The topological polar surface area (TPSA) is 45.6 Å². The van der Waals surface area contributed by atoms with Gasteiger partial charge in [-0.1, -0.05) is 0 Å². The average molecular weight is 392 g/mol. The molecule has 0 spiro atoms. The minimum absolute atomic E-state index is 0. The van der Waals surface area contributed by atoms with E-state index in [2.05, 4.69) is 0 Å². The van der Waals surface area contributed by atoms with Crippen LogP contribution in [0, 0.1) is 31.1 Å². The van der Waals surface area contributed by atoms with Crippen LogP contribution in [0.4, 0.5) is 0 Å². The van der Waals surface area contributed by atoms with E-state index in [1.807, 2.05) is 0 Å². The average Bonchev–Trinajstić information content (AvgIpc) is 1.00. The Bertz CT molecular complexity index is 6.00. The second-order valence-electron chi connectivity index (χ2n) is 0. The fraction of sp³-hybridized carbons (Fsp3) is 0. The summed E-state index contributed by atoms with van der Waals surface area (Å²) in [6, 6.07) is 0. The molecule has 22 valence electrons. The SMILES string of the molecule is [O-2].[O]=[Sb+].[U]. The van der Waals surface area contributed by atoms with Crippen molar-refractivity contribution in [2.24, 2.45) is 0 Å². The van der Waals surface area contributed by atoms with E-state index < -0.39 is 0 Å². The van der Waals surface area contributed by atoms with Crippen LogP contribution in [-0.4, -0.2) is 23.0 Å². The molecule has 0 aliphatic carbocycles. The maximum absolute atomic E-state index is 8.30. The maximum atomic E-state index is 8.30. The van der Waals surface area contributed by atoms with Gasteiger partial charge in [-0.3, -0.25) is 0 Å². The first-order valence-electron chi connectivity index (χ1n) is 0.183. The third kappa shape index (κ3) is 9.45. The second-order valence-corrected chi connectivity index (χ2v) is 0. The van der Waals surface area contributed by atoms with Gasteiger partial charge in [-0.15, -0.1) is 0 Å². The summed E-state index contributed by atoms with van der Waals surface area (Å²) in [5, 5.41) is 0. The second kappa shape index (κ2) is 23.0. The van der Waals surface area contributed by atoms with E-state index in [0.29, 0.717) is 23.0 Å². The van der Waals surface area contributed by atoms with Gasteiger partial charge in [0.05, 0.1) is 0 Å². The van der Waals surface area contributed by atoms with Crippen molar-refractivity contribution in [3.8, 4) is 0 Å². The van der Waals surface area contributed by atoms with Gasteiger partial charge in [0.25, 0.3) is 0 Å². The number of hydrogen-bond acceptors (Lipinski definition) is 1. The molecule has 0 aromatic heterocycles. The Morgan fingerprint density at radius 1 is 1.25 bits per heavy atom. The quantitative estimate of drug-likeness (QED) is 0.508. The van der Waals surface area contributed by atoms with Gasteiger partial charge in [-0.05, 0) is 0 Å². The van der Waals surface area contributed by atoms with Crippen LogP contribution < -0.4 is 0 Å². The molecule has 0 atom stereocenters. The van der Waals surface area contributed by atoms with Crippen LogP contribution >= 0.6 is 0 Å². The Morgan fingerprint density at radius 2 is 1.25 bits per heavy atom. The summed E-state index contributed by atoms with van der Waals surface area (Å²) in [6.45, 7) is 0. The summed E-state index contributed by atoms with van der Waals surface area (Å²) in [4.78, 5) is 0. The number of hydrogen-bond donors (Lipinski definition) is 0. The molecule has 0 N–H and O–H groups in total. The van der Waals surface area contributed by atoms with Crippen LogP contribution in [0.15, 0.2) is 0 Å². The predicted octanol–water partition coefficient (Wildman–Crippen LogP) is -0.618. The Morgan fingerprint density at radius 3 is 1.25 bits per heavy atom. The van der Waals surface area contributed by atoms with Gasteiger partial charge < -0.3 is 5.48 Å². The van der Waals surface area contributed by atoms with Gasteiger partial charge in [0, 0.05) is 31.1 Å². The van der Waals surface area contributed by atoms with Gasteiger partial charge in [-0.25, -0.2) is 0 Å². The molecule has 0 aliphatic heterocycles. The van der Waals surface area contributed by atoms with Crippen LogP contribution in [0.2, 0.25) is 0 Å². The zero-order valence-corrected chi connectivity index (χ0v) is 8.48. The van der Waals surface area contributed by atoms with E-state index in [1.165, 1.54) is 0 Å². The van der Waals surface area contributed by atoms with Crippen LogP contribution in [0.25, 0.3) is 0 Å². The first kappa shape index (κ1) is 17.4. The van der Waals surface area contributed by atoms with Gasteiger partial charge in [0.2, 0.25) is 0 Å². The molecule has 0 aliphatic rings. The molecule has 0 saturated carbocycles. The summed E-state index contributed by atoms with van der Waals surface area (Å²) in [5.74, 6) is 0. The van der Waals surface area contributed by atoms with Gasteiger partial charge in [0.1, 0.15) is 0 Å². The smallest absolute Gasteiger partial charge is 0 e. The van der Waals surface area contributed by atoms with Gasteiger partial charge >= 0.3 is 26.0 Å². The van der Waals surface area contributed by atoms with Crippen molar-refractivity contribution in [1.29, 1.82) is 0 Å². The molecule has 0 amide bonds. The molecule has 0 fully saturated rings. The van der Waals surface area contributed by atoms with Crippen LogP contribution in [0.1, 0.15) is 0 Å². The Balaban J connectivity index is -0.00000000500. The molecular weight excluding hydrogens is 392 g/mol. The molecule has 0 heterocycles. The molecule has 0 unspecified atom stereocenters. The van der Waals surface area contributed by atoms with Crippen molar-refractivity contribution in [2.75, 3.05) is 0 Å². The fourth-order valence-corrected chi connectivity index (χ4v) is 0. The van der Waals surface area contributed by atoms with Crippen molar-refractivity contribution in [3.63, 3.8) is 0 Å². The monoisotopic (exact) mass is 391 g/mol. The first-order chi connectivity index (χ1) is 1.00. The largest absolute Gasteiger partial charge is 0 e. The fourth-order valence-electron chi connectivity index (χ4n) is 0. The Hall–Kier alpha value is 1.63. The molecule has 2 nitrogen and oxygen atoms in total. The standard InChI is InChI=1S/2O.Sb.U/q;-2;+1;. The van der Waals surface area contributed by atoms with Crippen LogP contribution in [0.5, 0.6) is 0 Å². The Kier molecular flexibility index (Phi) is 100. The zero-order chi connectivity index (χ0) is 2.00. The van der Waals surface area contributed by atoms with E-state index in [4.69, 9.17) is 3.02 Å². The summed E-state index contributed by atoms with van der Waals surface area (Å²) in [6.07, 6.45) is 0. The summed E-state index contributed by atoms with van der Waals surface area (Å²) in [7, 11) is 0. The van der Waals surface area contributed by atoms with Crippen molar-refractivity contribution >= 4 is 23.0 Å². The van der Waals surface area contributed by atoms with E-state index in [-0.39, 0.29) is 36.6 Å². The van der Waals surface area contributed by atoms with Crippen LogP contribution in [-0.2, 0) is 8.49 Å². The van der Waals surface area contributed by atoms with Gasteiger partial charge in [0.15, 0.2) is 0 Å². The number of rotatable bonds is 0. The molecule has 0 saturated heterocycles. The first-order valence-corrected chi connectivity index (χ1v) is 1.22. The molecule has 0 aromatic carbocycles. The third-order valence-electron chi connectivity index (χ3n) is 0. The zero-order valence-electron chi connectivity index (χ0n) is 1.76. The van der Waals surface area contributed by atoms with Crippen molar-refractivity contribution < 1.29 is 39.6 Å². The normalized spacial score (nSPS) is 1.00. The van der Waals surface area contributed by atoms with Crippen molar-refractivity contribution in [2.45, 2.75) is 0 Å². The van der Waals surface area contributed by atoms with Gasteiger partial charge in [-0.2, -0.15) is 0 Å². The molecule has 0 rings (SSSR count).